The average molecular weight is 390 g/mol. The highest BCUT2D eigenvalue weighted by atomic mass is 16.5. The van der Waals surface area contributed by atoms with E-state index in [1.165, 1.54) is 0 Å². The predicted molar refractivity (Wildman–Crippen MR) is 111 cm³/mol. The van der Waals surface area contributed by atoms with Gasteiger partial charge in [0.1, 0.15) is 0 Å². The standard InChI is InChI=1S/C23H26N4O2/c1-23(2)11-18-22(20(28)12-23)21(15-5-8-27-7-3-4-16(27)10-15)17(13-25)19(26-18)14-29-9-6-24/h3-5,7-8,10,21,26H,6,9,11-12,14,24H2,1-2H3. The number of nitrogens with zero attached hydrogens (tertiary/aromatic N) is 2. The van der Waals surface area contributed by atoms with Crippen molar-refractivity contribution in [2.45, 2.75) is 32.6 Å². The van der Waals surface area contributed by atoms with Crippen LogP contribution in [0.4, 0.5) is 0 Å². The number of hydrogen-bond donors (Lipinski definition) is 2. The van der Waals surface area contributed by atoms with Crippen LogP contribution in [0.15, 0.2) is 59.2 Å². The molecule has 0 fully saturated rings. The van der Waals surface area contributed by atoms with Gasteiger partial charge in [0, 0.05) is 42.1 Å². The second-order valence-corrected chi connectivity index (χ2v) is 8.54. The maximum atomic E-state index is 13.2. The molecular formula is C23H26N4O2. The van der Waals surface area contributed by atoms with Gasteiger partial charge in [0.15, 0.2) is 5.78 Å². The van der Waals surface area contributed by atoms with Crippen LogP contribution in [0, 0.1) is 16.7 Å². The van der Waals surface area contributed by atoms with Crippen molar-refractivity contribution >= 4 is 11.3 Å². The first-order valence-corrected chi connectivity index (χ1v) is 9.94. The molecule has 29 heavy (non-hydrogen) atoms. The molecule has 2 aliphatic rings. The van der Waals surface area contributed by atoms with Crippen LogP contribution in [0.3, 0.4) is 0 Å². The minimum Gasteiger partial charge on any atom is -0.374 e. The molecule has 3 N–H and O–H groups in total. The number of carbonyl (C=O) groups is 1. The maximum Gasteiger partial charge on any atom is 0.162 e. The van der Waals surface area contributed by atoms with Crippen molar-refractivity contribution < 1.29 is 9.53 Å². The second kappa shape index (κ2) is 7.51. The van der Waals surface area contributed by atoms with Crippen LogP contribution < -0.4 is 11.1 Å². The highest BCUT2D eigenvalue weighted by Crippen LogP contribution is 2.46. The molecule has 0 amide bonds. The Hall–Kier alpha value is -2.88. The lowest BCUT2D eigenvalue weighted by Crippen LogP contribution is -2.38. The van der Waals surface area contributed by atoms with Gasteiger partial charge < -0.3 is 20.2 Å². The molecule has 0 aromatic carbocycles. The number of ketones is 1. The number of ether oxygens (including phenoxy) is 1. The molecule has 0 radical (unpaired) electrons. The Bertz CT molecular complexity index is 1070. The van der Waals surface area contributed by atoms with Crippen molar-refractivity contribution in [3.05, 3.63) is 64.8 Å². The highest BCUT2D eigenvalue weighted by molar-refractivity contribution is 6.00. The average Bonchev–Trinajstić information content (AvgIpc) is 3.14. The zero-order chi connectivity index (χ0) is 20.6. The lowest BCUT2D eigenvalue weighted by molar-refractivity contribution is -0.118. The van der Waals surface area contributed by atoms with Gasteiger partial charge >= 0.3 is 0 Å². The Kier molecular flexibility index (Phi) is 5.03. The molecular weight excluding hydrogens is 364 g/mol. The van der Waals surface area contributed by atoms with Gasteiger partial charge in [0.2, 0.25) is 0 Å². The molecule has 4 rings (SSSR count). The van der Waals surface area contributed by atoms with E-state index in [0.717, 1.165) is 34.5 Å². The fraction of sp³-hybridized carbons (Fsp3) is 0.391. The van der Waals surface area contributed by atoms with E-state index in [-0.39, 0.29) is 23.7 Å². The first-order chi connectivity index (χ1) is 13.9. The van der Waals surface area contributed by atoms with E-state index in [1.54, 1.807) is 0 Å². The van der Waals surface area contributed by atoms with E-state index in [9.17, 15) is 10.1 Å². The van der Waals surface area contributed by atoms with E-state index in [4.69, 9.17) is 10.5 Å². The molecule has 3 heterocycles. The van der Waals surface area contributed by atoms with Crippen molar-refractivity contribution in [1.29, 1.82) is 5.26 Å². The molecule has 6 nitrogen and oxygen atoms in total. The largest absolute Gasteiger partial charge is 0.374 e. The van der Waals surface area contributed by atoms with Crippen molar-refractivity contribution in [3.8, 4) is 6.07 Å². The fourth-order valence-corrected chi connectivity index (χ4v) is 4.42. The van der Waals surface area contributed by atoms with Gasteiger partial charge in [-0.15, -0.1) is 0 Å². The molecule has 1 unspecified atom stereocenters. The Balaban J connectivity index is 1.85. The SMILES string of the molecule is CC1(C)CC(=O)C2=C(C1)NC(COCCN)=C(C#N)C2c1ccn2cccc2c1. The molecule has 1 atom stereocenters. The maximum absolute atomic E-state index is 13.2. The summed E-state index contributed by atoms with van der Waals surface area (Å²) in [5.74, 6) is -0.269. The molecule has 1 aliphatic heterocycles. The molecule has 2 aromatic heterocycles. The van der Waals surface area contributed by atoms with Crippen LogP contribution in [0.1, 0.15) is 38.2 Å². The summed E-state index contributed by atoms with van der Waals surface area (Å²) in [5, 5.41) is 13.4. The molecule has 150 valence electrons. The van der Waals surface area contributed by atoms with Gasteiger partial charge in [-0.1, -0.05) is 13.8 Å². The number of nitriles is 1. The number of nitrogens with one attached hydrogen (secondary N) is 1. The number of nitrogens with two attached hydrogens (primary N) is 1. The summed E-state index contributed by atoms with van der Waals surface area (Å²) >= 11 is 0. The Labute approximate surface area is 170 Å². The number of hydrogen-bond acceptors (Lipinski definition) is 5. The summed E-state index contributed by atoms with van der Waals surface area (Å²) in [5.41, 5.74) is 10.3. The minimum atomic E-state index is -0.378. The number of rotatable bonds is 5. The predicted octanol–water partition coefficient (Wildman–Crippen LogP) is 3.02. The molecule has 1 aliphatic carbocycles. The zero-order valence-corrected chi connectivity index (χ0v) is 16.9. The smallest absolute Gasteiger partial charge is 0.162 e. The summed E-state index contributed by atoms with van der Waals surface area (Å²) in [6, 6.07) is 10.4. The Morgan fingerprint density at radius 2 is 2.17 bits per heavy atom. The van der Waals surface area contributed by atoms with Gasteiger partial charge in [-0.05, 0) is 41.7 Å². The first kappa shape index (κ1) is 19.4. The molecule has 2 aromatic rings. The third kappa shape index (κ3) is 3.59. The molecule has 0 spiro atoms. The van der Waals surface area contributed by atoms with Crippen molar-refractivity contribution in [2.24, 2.45) is 11.1 Å². The molecule has 0 bridgehead atoms. The minimum absolute atomic E-state index is 0.110. The lowest BCUT2D eigenvalue weighted by Gasteiger charge is -2.39. The number of dihydropyridines is 1. The van der Waals surface area contributed by atoms with E-state index in [0.29, 0.717) is 25.1 Å². The molecule has 0 saturated heterocycles. The number of Topliss-reactive ketones (excluding diaryl/α,β-unsaturated/α-hetero) is 1. The molecule has 0 saturated carbocycles. The number of fused-ring (bicyclic) bond motifs is 1. The lowest BCUT2D eigenvalue weighted by atomic mass is 9.69. The van der Waals surface area contributed by atoms with Crippen LogP contribution >= 0.6 is 0 Å². The quantitative estimate of drug-likeness (QED) is 0.766. The van der Waals surface area contributed by atoms with Crippen molar-refractivity contribution in [3.63, 3.8) is 0 Å². The van der Waals surface area contributed by atoms with E-state index in [1.807, 2.05) is 35.0 Å². The van der Waals surface area contributed by atoms with Crippen LogP contribution in [0.2, 0.25) is 0 Å². The summed E-state index contributed by atoms with van der Waals surface area (Å²) < 4.78 is 7.67. The van der Waals surface area contributed by atoms with Crippen LogP contribution in [-0.4, -0.2) is 29.9 Å². The Morgan fingerprint density at radius 1 is 1.34 bits per heavy atom. The van der Waals surface area contributed by atoms with E-state index < -0.39 is 0 Å². The summed E-state index contributed by atoms with van der Waals surface area (Å²) in [7, 11) is 0. The third-order valence-corrected chi connectivity index (χ3v) is 5.64. The first-order valence-electron chi connectivity index (χ1n) is 9.94. The Morgan fingerprint density at radius 3 is 2.93 bits per heavy atom. The fourth-order valence-electron chi connectivity index (χ4n) is 4.42. The van der Waals surface area contributed by atoms with Crippen molar-refractivity contribution in [2.75, 3.05) is 19.8 Å². The summed E-state index contributed by atoms with van der Waals surface area (Å²) in [6.45, 7) is 5.32. The van der Waals surface area contributed by atoms with Gasteiger partial charge in [-0.25, -0.2) is 0 Å². The number of aromatic nitrogens is 1. The van der Waals surface area contributed by atoms with Gasteiger partial charge in [-0.3, -0.25) is 4.79 Å². The summed E-state index contributed by atoms with van der Waals surface area (Å²) in [6.07, 6.45) is 5.20. The van der Waals surface area contributed by atoms with E-state index in [2.05, 4.69) is 31.3 Å². The number of pyridine rings is 1. The number of allylic oxidation sites excluding steroid dienone is 3. The topological polar surface area (TPSA) is 92.5 Å². The normalized spacial score (nSPS) is 21.2. The van der Waals surface area contributed by atoms with Crippen LogP contribution in [0.25, 0.3) is 5.52 Å². The van der Waals surface area contributed by atoms with E-state index >= 15 is 0 Å². The van der Waals surface area contributed by atoms with Gasteiger partial charge in [0.05, 0.1) is 36.5 Å². The molecule has 6 heteroatoms. The van der Waals surface area contributed by atoms with Gasteiger partial charge in [-0.2, -0.15) is 5.26 Å². The summed E-state index contributed by atoms with van der Waals surface area (Å²) in [4.78, 5) is 13.2. The third-order valence-electron chi connectivity index (χ3n) is 5.64. The number of carbonyl (C=O) groups excluding carboxylic acids is 1. The highest BCUT2D eigenvalue weighted by Gasteiger charge is 2.41. The second-order valence-electron chi connectivity index (χ2n) is 8.54. The van der Waals surface area contributed by atoms with Gasteiger partial charge in [0.25, 0.3) is 0 Å². The monoisotopic (exact) mass is 390 g/mol. The zero-order valence-electron chi connectivity index (χ0n) is 16.9. The van der Waals surface area contributed by atoms with Crippen molar-refractivity contribution in [1.82, 2.24) is 9.72 Å². The van der Waals surface area contributed by atoms with Crippen LogP contribution in [-0.2, 0) is 9.53 Å². The van der Waals surface area contributed by atoms with Crippen LogP contribution in [0.5, 0.6) is 0 Å².